The SMILES string of the molecule is O=c1[nH]c(=O)n(CCc2ccccc2Cl)[nH]c1=O.O=c1[nH]c(=O)n(CCc2ccccc2Cl)nc1Br. The molecule has 2 aromatic heterocycles. The number of rotatable bonds is 6. The van der Waals surface area contributed by atoms with Crippen LogP contribution in [0.25, 0.3) is 0 Å². The molecule has 0 amide bonds. The third-order valence-electron chi connectivity index (χ3n) is 4.87. The first-order chi connectivity index (χ1) is 17.2. The molecule has 0 aliphatic rings. The van der Waals surface area contributed by atoms with E-state index in [4.69, 9.17) is 23.2 Å². The molecule has 4 rings (SSSR count). The van der Waals surface area contributed by atoms with Crippen LogP contribution >= 0.6 is 39.1 Å². The van der Waals surface area contributed by atoms with Gasteiger partial charge in [-0.3, -0.25) is 29.5 Å². The predicted octanol–water partition coefficient (Wildman–Crippen LogP) is 1.71. The maximum absolute atomic E-state index is 11.5. The van der Waals surface area contributed by atoms with Crippen LogP contribution in [-0.4, -0.2) is 29.5 Å². The first kappa shape index (κ1) is 27.1. The summed E-state index contributed by atoms with van der Waals surface area (Å²) in [6.45, 7) is 0.576. The zero-order valence-electron chi connectivity index (χ0n) is 18.5. The van der Waals surface area contributed by atoms with E-state index in [9.17, 15) is 24.0 Å². The minimum Gasteiger partial charge on any atom is -0.270 e. The first-order valence-corrected chi connectivity index (χ1v) is 12.0. The molecule has 0 saturated heterocycles. The monoisotopic (exact) mass is 596 g/mol. The molecule has 0 radical (unpaired) electrons. The van der Waals surface area contributed by atoms with Gasteiger partial charge in [-0.2, -0.15) is 5.10 Å². The average molecular weight is 598 g/mol. The summed E-state index contributed by atoms with van der Waals surface area (Å²) >= 11 is 15.0. The zero-order chi connectivity index (χ0) is 26.2. The summed E-state index contributed by atoms with van der Waals surface area (Å²) in [7, 11) is 0. The van der Waals surface area contributed by atoms with Gasteiger partial charge in [0.15, 0.2) is 4.60 Å². The highest BCUT2D eigenvalue weighted by Gasteiger charge is 2.06. The van der Waals surface area contributed by atoms with Gasteiger partial charge in [-0.05, 0) is 52.0 Å². The lowest BCUT2D eigenvalue weighted by Crippen LogP contribution is -2.43. The van der Waals surface area contributed by atoms with E-state index in [2.05, 4.69) is 31.1 Å². The Labute approximate surface area is 220 Å². The van der Waals surface area contributed by atoms with E-state index < -0.39 is 28.1 Å². The number of aryl methyl sites for hydroxylation is 4. The van der Waals surface area contributed by atoms with Gasteiger partial charge in [0.25, 0.3) is 5.56 Å². The number of nitrogens with zero attached hydrogens (tertiary/aromatic N) is 3. The van der Waals surface area contributed by atoms with Crippen LogP contribution in [0.5, 0.6) is 0 Å². The van der Waals surface area contributed by atoms with Crippen molar-refractivity contribution in [1.29, 1.82) is 0 Å². The highest BCUT2D eigenvalue weighted by molar-refractivity contribution is 9.10. The minimum absolute atomic E-state index is 0.0845. The Bertz CT molecular complexity index is 1660. The molecule has 4 aromatic rings. The number of hydrogen-bond donors (Lipinski definition) is 3. The smallest absolute Gasteiger partial charge is 0.270 e. The Morgan fingerprint density at radius 1 is 0.722 bits per heavy atom. The fourth-order valence-electron chi connectivity index (χ4n) is 3.03. The summed E-state index contributed by atoms with van der Waals surface area (Å²) in [5, 5.41) is 7.29. The molecule has 0 atom stereocenters. The Balaban J connectivity index is 0.000000201. The van der Waals surface area contributed by atoms with Crippen molar-refractivity contribution in [3.63, 3.8) is 0 Å². The zero-order valence-corrected chi connectivity index (χ0v) is 21.6. The second kappa shape index (κ2) is 12.5. The fraction of sp³-hybridized carbons (Fsp3) is 0.182. The molecule has 0 unspecified atom stereocenters. The van der Waals surface area contributed by atoms with Gasteiger partial charge >= 0.3 is 22.5 Å². The second-order valence-electron chi connectivity index (χ2n) is 7.31. The maximum Gasteiger partial charge on any atom is 0.344 e. The Morgan fingerprint density at radius 3 is 1.83 bits per heavy atom. The van der Waals surface area contributed by atoms with Crippen LogP contribution in [0.15, 0.2) is 77.1 Å². The van der Waals surface area contributed by atoms with E-state index in [1.54, 1.807) is 18.2 Å². The van der Waals surface area contributed by atoms with Crippen molar-refractivity contribution < 1.29 is 0 Å². The highest BCUT2D eigenvalue weighted by Crippen LogP contribution is 2.16. The summed E-state index contributed by atoms with van der Waals surface area (Å²) in [6.07, 6.45) is 1.03. The van der Waals surface area contributed by atoms with Crippen molar-refractivity contribution in [3.05, 3.63) is 126 Å². The quantitative estimate of drug-likeness (QED) is 0.287. The predicted molar refractivity (Wildman–Crippen MR) is 139 cm³/mol. The molecule has 3 N–H and O–H groups in total. The van der Waals surface area contributed by atoms with Crippen molar-refractivity contribution in [2.75, 3.05) is 0 Å². The lowest BCUT2D eigenvalue weighted by Gasteiger charge is -2.05. The van der Waals surface area contributed by atoms with E-state index in [0.29, 0.717) is 29.4 Å². The molecule has 0 fully saturated rings. The molecule has 14 heteroatoms. The normalized spacial score (nSPS) is 10.5. The number of halogens is 3. The number of hydrogen-bond acceptors (Lipinski definition) is 6. The summed E-state index contributed by atoms with van der Waals surface area (Å²) in [6, 6.07) is 14.6. The molecular formula is C22H19BrCl2N6O5. The van der Waals surface area contributed by atoms with Crippen molar-refractivity contribution in [2.24, 2.45) is 0 Å². The summed E-state index contributed by atoms with van der Waals surface area (Å²) in [4.78, 5) is 60.1. The van der Waals surface area contributed by atoms with Gasteiger partial charge in [0.2, 0.25) is 0 Å². The molecule has 0 aliphatic heterocycles. The van der Waals surface area contributed by atoms with Gasteiger partial charge in [0.1, 0.15) is 0 Å². The van der Waals surface area contributed by atoms with Crippen molar-refractivity contribution in [3.8, 4) is 0 Å². The molecule has 188 valence electrons. The van der Waals surface area contributed by atoms with Crippen LogP contribution in [0.3, 0.4) is 0 Å². The van der Waals surface area contributed by atoms with Gasteiger partial charge in [-0.15, -0.1) is 0 Å². The van der Waals surface area contributed by atoms with Crippen LogP contribution in [0.2, 0.25) is 10.0 Å². The largest absolute Gasteiger partial charge is 0.344 e. The minimum atomic E-state index is -0.950. The van der Waals surface area contributed by atoms with Crippen LogP contribution in [0.1, 0.15) is 11.1 Å². The molecule has 36 heavy (non-hydrogen) atoms. The van der Waals surface area contributed by atoms with Gasteiger partial charge in [0, 0.05) is 16.6 Å². The van der Waals surface area contributed by atoms with Crippen LogP contribution in [0.4, 0.5) is 0 Å². The topological polar surface area (TPSA) is 155 Å². The molecule has 2 aromatic carbocycles. The number of aromatic amines is 3. The molecule has 2 heterocycles. The maximum atomic E-state index is 11.5. The fourth-order valence-corrected chi connectivity index (χ4v) is 3.78. The molecule has 0 aliphatic carbocycles. The second-order valence-corrected chi connectivity index (χ2v) is 8.87. The Kier molecular flexibility index (Phi) is 9.39. The van der Waals surface area contributed by atoms with Crippen molar-refractivity contribution >= 4 is 39.1 Å². The highest BCUT2D eigenvalue weighted by atomic mass is 79.9. The lowest BCUT2D eigenvalue weighted by atomic mass is 10.1. The summed E-state index contributed by atoms with van der Waals surface area (Å²) in [5.41, 5.74) is -1.73. The van der Waals surface area contributed by atoms with E-state index in [1.165, 1.54) is 4.68 Å². The molecule has 11 nitrogen and oxygen atoms in total. The molecule has 0 saturated carbocycles. The summed E-state index contributed by atoms with van der Waals surface area (Å²) in [5.74, 6) is 0. The Hall–Kier alpha value is -3.48. The third kappa shape index (κ3) is 7.26. The standard InChI is InChI=1S/C11H9BrClN3O2.C11H10ClN3O3/c12-9-10(17)14-11(18)16(15-9)6-5-7-3-1-2-4-8(7)13;12-8-4-2-1-3-7(8)5-6-15-11(18)13-9(16)10(17)14-15/h1-4H,5-6H2,(H,14,17,18);1-4H,5-6H2,(H,14,17)(H,13,16,18). The first-order valence-electron chi connectivity index (χ1n) is 10.4. The average Bonchev–Trinajstić information content (AvgIpc) is 2.84. The number of benzene rings is 2. The van der Waals surface area contributed by atoms with Gasteiger partial charge in [0.05, 0.1) is 6.54 Å². The van der Waals surface area contributed by atoms with Crippen LogP contribution < -0.4 is 28.1 Å². The van der Waals surface area contributed by atoms with E-state index >= 15 is 0 Å². The number of nitrogens with one attached hydrogen (secondary N) is 3. The van der Waals surface area contributed by atoms with E-state index in [-0.39, 0.29) is 11.1 Å². The Morgan fingerprint density at radius 2 is 1.25 bits per heavy atom. The molecule has 0 spiro atoms. The summed E-state index contributed by atoms with van der Waals surface area (Å²) < 4.78 is 2.32. The number of H-pyrrole nitrogens is 3. The van der Waals surface area contributed by atoms with Crippen LogP contribution in [-0.2, 0) is 25.9 Å². The molecule has 0 bridgehead atoms. The third-order valence-corrected chi connectivity index (χ3v) is 6.13. The number of aromatic nitrogens is 6. The van der Waals surface area contributed by atoms with Crippen molar-refractivity contribution in [1.82, 2.24) is 29.5 Å². The van der Waals surface area contributed by atoms with E-state index in [1.807, 2.05) is 35.3 Å². The van der Waals surface area contributed by atoms with Crippen molar-refractivity contribution in [2.45, 2.75) is 25.9 Å². The lowest BCUT2D eigenvalue weighted by molar-refractivity contribution is 0.545. The van der Waals surface area contributed by atoms with Crippen LogP contribution in [0, 0.1) is 0 Å². The van der Waals surface area contributed by atoms with Gasteiger partial charge < -0.3 is 0 Å². The molecular weight excluding hydrogens is 579 g/mol. The van der Waals surface area contributed by atoms with E-state index in [0.717, 1.165) is 15.8 Å². The van der Waals surface area contributed by atoms with Gasteiger partial charge in [-0.25, -0.2) is 19.0 Å². The van der Waals surface area contributed by atoms with Gasteiger partial charge in [-0.1, -0.05) is 59.6 Å².